The minimum Gasteiger partial charge on any atom is -0.356 e. The van der Waals surface area contributed by atoms with Crippen LogP contribution < -0.4 is 4.90 Å². The van der Waals surface area contributed by atoms with Crippen LogP contribution in [0.15, 0.2) is 16.6 Å². The molecule has 0 bridgehead atoms. The quantitative estimate of drug-likeness (QED) is 0.846. The molecule has 1 atom stereocenters. The van der Waals surface area contributed by atoms with E-state index in [1.54, 1.807) is 0 Å². The van der Waals surface area contributed by atoms with E-state index in [0.717, 1.165) is 16.0 Å². The monoisotopic (exact) mass is 267 g/mol. The molecule has 0 aliphatic heterocycles. The fourth-order valence-corrected chi connectivity index (χ4v) is 1.44. The number of rotatable bonds is 3. The summed E-state index contributed by atoms with van der Waals surface area (Å²) in [7, 11) is 1.96. The van der Waals surface area contributed by atoms with Gasteiger partial charge < -0.3 is 4.90 Å². The molecule has 0 aliphatic rings. The Hall–Kier alpha value is -1.08. The van der Waals surface area contributed by atoms with Crippen molar-refractivity contribution < 1.29 is 0 Å². The Morgan fingerprint density at radius 1 is 1.60 bits per heavy atom. The summed E-state index contributed by atoms with van der Waals surface area (Å²) in [6, 6.07) is 6.28. The van der Waals surface area contributed by atoms with Crippen LogP contribution in [-0.2, 0) is 0 Å². The molecular weight excluding hydrogens is 254 g/mol. The second-order valence-corrected chi connectivity index (χ2v) is 4.41. The molecule has 1 aromatic heterocycles. The number of hydrogen-bond donors (Lipinski definition) is 0. The molecule has 1 heterocycles. The molecule has 1 rings (SSSR count). The molecule has 0 amide bonds. The SMILES string of the molecule is Cc1nc(N(C)C(C)CC#N)ccc1Br. The first-order chi connectivity index (χ1) is 7.06. The molecule has 15 heavy (non-hydrogen) atoms. The topological polar surface area (TPSA) is 39.9 Å². The fourth-order valence-electron chi connectivity index (χ4n) is 1.22. The molecule has 0 spiro atoms. The van der Waals surface area contributed by atoms with E-state index in [1.165, 1.54) is 0 Å². The summed E-state index contributed by atoms with van der Waals surface area (Å²) in [6.45, 7) is 3.97. The summed E-state index contributed by atoms with van der Waals surface area (Å²) >= 11 is 3.41. The lowest BCUT2D eigenvalue weighted by molar-refractivity contribution is 0.693. The van der Waals surface area contributed by atoms with Crippen molar-refractivity contribution in [2.24, 2.45) is 0 Å². The Kier molecular flexibility index (Phi) is 4.10. The zero-order valence-electron chi connectivity index (χ0n) is 9.16. The van der Waals surface area contributed by atoms with E-state index in [-0.39, 0.29) is 6.04 Å². The van der Waals surface area contributed by atoms with E-state index < -0.39 is 0 Å². The average Bonchev–Trinajstić information content (AvgIpc) is 2.21. The molecule has 0 aliphatic carbocycles. The highest BCUT2D eigenvalue weighted by atomic mass is 79.9. The number of aryl methyl sites for hydroxylation is 1. The van der Waals surface area contributed by atoms with Crippen LogP contribution in [0.2, 0.25) is 0 Å². The van der Waals surface area contributed by atoms with Crippen LogP contribution in [-0.4, -0.2) is 18.1 Å². The normalized spacial score (nSPS) is 11.9. The molecule has 0 saturated heterocycles. The molecule has 4 heteroatoms. The van der Waals surface area contributed by atoms with Gasteiger partial charge in [-0.1, -0.05) is 0 Å². The van der Waals surface area contributed by atoms with Gasteiger partial charge in [0, 0.05) is 17.6 Å². The molecule has 1 aromatic rings. The fraction of sp³-hybridized carbons (Fsp3) is 0.455. The third-order valence-corrected chi connectivity index (χ3v) is 3.25. The Balaban J connectivity index is 2.87. The predicted octanol–water partition coefficient (Wildman–Crippen LogP) is 2.89. The zero-order chi connectivity index (χ0) is 11.4. The van der Waals surface area contributed by atoms with Crippen molar-refractivity contribution in [1.82, 2.24) is 4.98 Å². The lowest BCUT2D eigenvalue weighted by atomic mass is 10.2. The van der Waals surface area contributed by atoms with Gasteiger partial charge >= 0.3 is 0 Å². The molecule has 0 aromatic carbocycles. The number of pyridine rings is 1. The molecular formula is C11H14BrN3. The van der Waals surface area contributed by atoms with Crippen molar-refractivity contribution in [1.29, 1.82) is 5.26 Å². The standard InChI is InChI=1S/C11H14BrN3/c1-8(6-7-13)15(3)11-5-4-10(12)9(2)14-11/h4-5,8H,6H2,1-3H3. The van der Waals surface area contributed by atoms with Gasteiger partial charge in [-0.15, -0.1) is 0 Å². The van der Waals surface area contributed by atoms with Crippen molar-refractivity contribution >= 4 is 21.7 Å². The molecule has 0 N–H and O–H groups in total. The first kappa shape index (κ1) is 12.0. The summed E-state index contributed by atoms with van der Waals surface area (Å²) in [5.74, 6) is 0.901. The first-order valence-corrected chi connectivity index (χ1v) is 5.58. The van der Waals surface area contributed by atoms with Crippen LogP contribution in [0.3, 0.4) is 0 Å². The van der Waals surface area contributed by atoms with Crippen LogP contribution in [0.5, 0.6) is 0 Å². The van der Waals surface area contributed by atoms with Crippen molar-refractivity contribution in [3.8, 4) is 6.07 Å². The van der Waals surface area contributed by atoms with Gasteiger partial charge in [0.25, 0.3) is 0 Å². The maximum absolute atomic E-state index is 8.63. The third-order valence-electron chi connectivity index (χ3n) is 2.42. The van der Waals surface area contributed by atoms with Crippen molar-refractivity contribution in [3.63, 3.8) is 0 Å². The molecule has 1 unspecified atom stereocenters. The number of nitrogens with zero attached hydrogens (tertiary/aromatic N) is 3. The lowest BCUT2D eigenvalue weighted by Gasteiger charge is -2.24. The van der Waals surface area contributed by atoms with Crippen LogP contribution >= 0.6 is 15.9 Å². The maximum atomic E-state index is 8.63. The van der Waals surface area contributed by atoms with Gasteiger partial charge in [0.2, 0.25) is 0 Å². The summed E-state index contributed by atoms with van der Waals surface area (Å²) in [6.07, 6.45) is 0.507. The van der Waals surface area contributed by atoms with E-state index in [2.05, 4.69) is 27.0 Å². The van der Waals surface area contributed by atoms with Gasteiger partial charge in [-0.05, 0) is 41.9 Å². The van der Waals surface area contributed by atoms with Gasteiger partial charge in [-0.2, -0.15) is 5.26 Å². The third kappa shape index (κ3) is 2.93. The molecule has 80 valence electrons. The van der Waals surface area contributed by atoms with E-state index in [4.69, 9.17) is 5.26 Å². The Bertz CT molecular complexity index is 384. The second kappa shape index (κ2) is 5.13. The summed E-state index contributed by atoms with van der Waals surface area (Å²) < 4.78 is 1.01. The summed E-state index contributed by atoms with van der Waals surface area (Å²) in [5.41, 5.74) is 0.962. The predicted molar refractivity (Wildman–Crippen MR) is 64.8 cm³/mol. The van der Waals surface area contributed by atoms with Gasteiger partial charge in [0.1, 0.15) is 5.82 Å². The van der Waals surface area contributed by atoms with Crippen molar-refractivity contribution in [2.75, 3.05) is 11.9 Å². The van der Waals surface area contributed by atoms with Crippen LogP contribution in [0.4, 0.5) is 5.82 Å². The van der Waals surface area contributed by atoms with Crippen LogP contribution in [0, 0.1) is 18.3 Å². The summed E-state index contributed by atoms with van der Waals surface area (Å²) in [5, 5.41) is 8.63. The lowest BCUT2D eigenvalue weighted by Crippen LogP contribution is -2.29. The maximum Gasteiger partial charge on any atom is 0.128 e. The summed E-state index contributed by atoms with van der Waals surface area (Å²) in [4.78, 5) is 6.46. The van der Waals surface area contributed by atoms with E-state index in [0.29, 0.717) is 6.42 Å². The van der Waals surface area contributed by atoms with Gasteiger partial charge in [-0.25, -0.2) is 4.98 Å². The van der Waals surface area contributed by atoms with E-state index in [9.17, 15) is 0 Å². The smallest absolute Gasteiger partial charge is 0.128 e. The Morgan fingerprint density at radius 3 is 2.80 bits per heavy atom. The molecule has 3 nitrogen and oxygen atoms in total. The average molecular weight is 268 g/mol. The van der Waals surface area contributed by atoms with Crippen molar-refractivity contribution in [2.45, 2.75) is 26.3 Å². The van der Waals surface area contributed by atoms with E-state index >= 15 is 0 Å². The highest BCUT2D eigenvalue weighted by Gasteiger charge is 2.11. The number of aromatic nitrogens is 1. The highest BCUT2D eigenvalue weighted by Crippen LogP contribution is 2.20. The Labute approximate surface area is 98.9 Å². The highest BCUT2D eigenvalue weighted by molar-refractivity contribution is 9.10. The van der Waals surface area contributed by atoms with Crippen LogP contribution in [0.25, 0.3) is 0 Å². The van der Waals surface area contributed by atoms with Gasteiger partial charge in [0.15, 0.2) is 0 Å². The molecule has 0 saturated carbocycles. The van der Waals surface area contributed by atoms with Gasteiger partial charge in [0.05, 0.1) is 18.2 Å². The molecule has 0 fully saturated rings. The number of nitriles is 1. The molecule has 0 radical (unpaired) electrons. The Morgan fingerprint density at radius 2 is 2.27 bits per heavy atom. The van der Waals surface area contributed by atoms with Crippen LogP contribution in [0.1, 0.15) is 19.0 Å². The van der Waals surface area contributed by atoms with Gasteiger partial charge in [-0.3, -0.25) is 0 Å². The first-order valence-electron chi connectivity index (χ1n) is 4.79. The number of hydrogen-bond acceptors (Lipinski definition) is 3. The minimum atomic E-state index is 0.183. The minimum absolute atomic E-state index is 0.183. The van der Waals surface area contributed by atoms with Crippen molar-refractivity contribution in [3.05, 3.63) is 22.3 Å². The zero-order valence-corrected chi connectivity index (χ0v) is 10.7. The number of anilines is 1. The van der Waals surface area contributed by atoms with E-state index in [1.807, 2.05) is 37.9 Å². The number of halogens is 1. The second-order valence-electron chi connectivity index (χ2n) is 3.56. The largest absolute Gasteiger partial charge is 0.356 e.